The number of hydrogen-bond acceptors (Lipinski definition) is 1. The van der Waals surface area contributed by atoms with Crippen molar-refractivity contribution in [2.24, 2.45) is 0 Å². The lowest BCUT2D eigenvalue weighted by molar-refractivity contribution is -0.127. The minimum atomic E-state index is 0.0648. The second-order valence-electron chi connectivity index (χ2n) is 4.70. The lowest BCUT2D eigenvalue weighted by Gasteiger charge is -2.23. The first kappa shape index (κ1) is 14.5. The normalized spacial score (nSPS) is 10.1. The van der Waals surface area contributed by atoms with Crippen molar-refractivity contribution < 1.29 is 4.79 Å². The van der Waals surface area contributed by atoms with Gasteiger partial charge in [0.25, 0.3) is 0 Å². The van der Waals surface area contributed by atoms with E-state index in [-0.39, 0.29) is 5.91 Å². The molecule has 1 rings (SSSR count). The molecule has 0 radical (unpaired) electrons. The van der Waals surface area contributed by atoms with Crippen molar-refractivity contribution in [1.29, 1.82) is 0 Å². The molecule has 2 nitrogen and oxygen atoms in total. The molecule has 0 fully saturated rings. The van der Waals surface area contributed by atoms with E-state index in [1.54, 1.807) is 6.92 Å². The number of carbonyl (C=O) groups excluding carboxylic acids is 1. The van der Waals surface area contributed by atoms with E-state index in [1.807, 2.05) is 23.1 Å². The third-order valence-corrected chi connectivity index (χ3v) is 2.90. The van der Waals surface area contributed by atoms with Gasteiger partial charge in [0.2, 0.25) is 5.91 Å². The van der Waals surface area contributed by atoms with E-state index < -0.39 is 0 Å². The van der Waals surface area contributed by atoms with E-state index in [9.17, 15) is 4.79 Å². The topological polar surface area (TPSA) is 20.3 Å². The second kappa shape index (κ2) is 7.70. The van der Waals surface area contributed by atoms with Crippen molar-refractivity contribution in [1.82, 2.24) is 4.90 Å². The molecule has 0 heterocycles. The molecule has 1 amide bonds. The molecular formula is C16H23NO. The number of rotatable bonds is 7. The van der Waals surface area contributed by atoms with E-state index in [2.05, 4.69) is 25.6 Å². The van der Waals surface area contributed by atoms with E-state index >= 15 is 0 Å². The molecule has 98 valence electrons. The molecule has 2 heteroatoms. The smallest absolute Gasteiger partial charge is 0.249 e. The highest BCUT2D eigenvalue weighted by molar-refractivity contribution is 5.92. The van der Waals surface area contributed by atoms with Gasteiger partial charge in [0, 0.05) is 18.7 Å². The van der Waals surface area contributed by atoms with E-state index in [0.717, 1.165) is 19.4 Å². The molecule has 1 aromatic rings. The minimum absolute atomic E-state index is 0.0648. The fourth-order valence-electron chi connectivity index (χ4n) is 1.88. The number of hydrogen-bond donors (Lipinski definition) is 0. The van der Waals surface area contributed by atoms with Crippen molar-refractivity contribution in [3.8, 4) is 0 Å². The van der Waals surface area contributed by atoms with Crippen LogP contribution in [0.4, 0.5) is 0 Å². The molecule has 0 saturated heterocycles. The summed E-state index contributed by atoms with van der Waals surface area (Å²) in [4.78, 5) is 14.0. The lowest BCUT2D eigenvalue weighted by atomic mass is 10.1. The van der Waals surface area contributed by atoms with Crippen LogP contribution in [0.3, 0.4) is 0 Å². The largest absolute Gasteiger partial charge is 0.335 e. The average molecular weight is 245 g/mol. The quantitative estimate of drug-likeness (QED) is 0.529. The maximum absolute atomic E-state index is 12.1. The Hall–Kier alpha value is -1.57. The Bertz CT molecular complexity index is 383. The van der Waals surface area contributed by atoms with Gasteiger partial charge >= 0.3 is 0 Å². The Morgan fingerprint density at radius 2 is 1.89 bits per heavy atom. The molecule has 0 unspecified atom stereocenters. The number of nitrogens with zero attached hydrogens (tertiary/aromatic N) is 1. The van der Waals surface area contributed by atoms with Gasteiger partial charge in [-0.2, -0.15) is 0 Å². The summed E-state index contributed by atoms with van der Waals surface area (Å²) in [6.07, 6.45) is 3.39. The van der Waals surface area contributed by atoms with Gasteiger partial charge in [-0.25, -0.2) is 0 Å². The first-order valence-corrected chi connectivity index (χ1v) is 6.64. The fourth-order valence-corrected chi connectivity index (χ4v) is 1.88. The molecule has 0 saturated carbocycles. The van der Waals surface area contributed by atoms with Gasteiger partial charge in [-0.3, -0.25) is 4.79 Å². The summed E-state index contributed by atoms with van der Waals surface area (Å²) < 4.78 is 0. The summed E-state index contributed by atoms with van der Waals surface area (Å²) in [6.45, 7) is 9.19. The van der Waals surface area contributed by atoms with Crippen molar-refractivity contribution >= 4 is 5.91 Å². The van der Waals surface area contributed by atoms with Gasteiger partial charge in [0.15, 0.2) is 0 Å². The molecule has 0 aliphatic heterocycles. The van der Waals surface area contributed by atoms with Crippen LogP contribution in [0.1, 0.15) is 38.7 Å². The van der Waals surface area contributed by atoms with Crippen LogP contribution in [-0.4, -0.2) is 17.4 Å². The highest BCUT2D eigenvalue weighted by atomic mass is 16.2. The molecule has 0 aliphatic rings. The Balaban J connectivity index is 2.65. The Labute approximate surface area is 110 Å². The number of benzene rings is 1. The van der Waals surface area contributed by atoms with Crippen molar-refractivity contribution in [3.63, 3.8) is 0 Å². The van der Waals surface area contributed by atoms with Crippen molar-refractivity contribution in [3.05, 3.63) is 48.0 Å². The van der Waals surface area contributed by atoms with Crippen LogP contribution in [-0.2, 0) is 11.3 Å². The summed E-state index contributed by atoms with van der Waals surface area (Å²) in [6, 6.07) is 10.1. The molecule has 0 aromatic heterocycles. The maximum Gasteiger partial charge on any atom is 0.249 e. The first-order chi connectivity index (χ1) is 8.65. The highest BCUT2D eigenvalue weighted by Crippen LogP contribution is 2.09. The summed E-state index contributed by atoms with van der Waals surface area (Å²) in [5.74, 6) is 0.0648. The standard InChI is InChI=1S/C16H23NO/c1-4-5-9-12-17(16(18)14(2)3)13-15-10-7-6-8-11-15/h6-8,10-11H,2,4-5,9,12-13H2,1,3H3. The summed E-state index contributed by atoms with van der Waals surface area (Å²) in [5.41, 5.74) is 1.78. The van der Waals surface area contributed by atoms with Crippen LogP contribution in [0.2, 0.25) is 0 Å². The number of unbranched alkanes of at least 4 members (excludes halogenated alkanes) is 2. The van der Waals surface area contributed by atoms with Crippen molar-refractivity contribution in [2.45, 2.75) is 39.7 Å². The van der Waals surface area contributed by atoms with Crippen molar-refractivity contribution in [2.75, 3.05) is 6.54 Å². The monoisotopic (exact) mass is 245 g/mol. The predicted octanol–water partition coefficient (Wildman–Crippen LogP) is 3.78. The van der Waals surface area contributed by atoms with Gasteiger partial charge in [-0.1, -0.05) is 56.7 Å². The third-order valence-electron chi connectivity index (χ3n) is 2.90. The zero-order chi connectivity index (χ0) is 13.4. The third kappa shape index (κ3) is 4.74. The highest BCUT2D eigenvalue weighted by Gasteiger charge is 2.13. The Morgan fingerprint density at radius 3 is 2.44 bits per heavy atom. The fraction of sp³-hybridized carbons (Fsp3) is 0.438. The van der Waals surface area contributed by atoms with Gasteiger partial charge in [-0.15, -0.1) is 0 Å². The van der Waals surface area contributed by atoms with Crippen LogP contribution < -0.4 is 0 Å². The molecular weight excluding hydrogens is 222 g/mol. The van der Waals surface area contributed by atoms with Crippen LogP contribution in [0, 0.1) is 0 Å². The summed E-state index contributed by atoms with van der Waals surface area (Å²) in [7, 11) is 0. The molecule has 1 aromatic carbocycles. The lowest BCUT2D eigenvalue weighted by Crippen LogP contribution is -2.31. The zero-order valence-electron chi connectivity index (χ0n) is 11.5. The van der Waals surface area contributed by atoms with E-state index in [1.165, 1.54) is 12.0 Å². The molecule has 0 bridgehead atoms. The Kier molecular flexibility index (Phi) is 6.20. The molecule has 18 heavy (non-hydrogen) atoms. The maximum atomic E-state index is 12.1. The van der Waals surface area contributed by atoms with Crippen LogP contribution in [0.15, 0.2) is 42.5 Å². The van der Waals surface area contributed by atoms with Gasteiger partial charge in [-0.05, 0) is 18.9 Å². The van der Waals surface area contributed by atoms with Gasteiger partial charge < -0.3 is 4.90 Å². The predicted molar refractivity (Wildman–Crippen MR) is 76.2 cm³/mol. The Morgan fingerprint density at radius 1 is 1.22 bits per heavy atom. The minimum Gasteiger partial charge on any atom is -0.335 e. The zero-order valence-corrected chi connectivity index (χ0v) is 11.5. The number of amides is 1. The number of carbonyl (C=O) groups is 1. The summed E-state index contributed by atoms with van der Waals surface area (Å²) in [5, 5.41) is 0. The van der Waals surface area contributed by atoms with Gasteiger partial charge in [0.1, 0.15) is 0 Å². The molecule has 0 spiro atoms. The SMILES string of the molecule is C=C(C)C(=O)N(CCCCC)Cc1ccccc1. The van der Waals surface area contributed by atoms with Gasteiger partial charge in [0.05, 0.1) is 0 Å². The van der Waals surface area contributed by atoms with Crippen LogP contribution in [0.25, 0.3) is 0 Å². The molecule has 0 atom stereocenters. The molecule has 0 N–H and O–H groups in total. The van der Waals surface area contributed by atoms with E-state index in [0.29, 0.717) is 12.1 Å². The van der Waals surface area contributed by atoms with Crippen LogP contribution in [0.5, 0.6) is 0 Å². The molecule has 0 aliphatic carbocycles. The van der Waals surface area contributed by atoms with E-state index in [4.69, 9.17) is 0 Å². The summed E-state index contributed by atoms with van der Waals surface area (Å²) >= 11 is 0. The van der Waals surface area contributed by atoms with Crippen LogP contribution >= 0.6 is 0 Å². The second-order valence-corrected chi connectivity index (χ2v) is 4.70. The average Bonchev–Trinajstić information content (AvgIpc) is 2.38. The first-order valence-electron chi connectivity index (χ1n) is 6.64.